The van der Waals surface area contributed by atoms with Crippen molar-refractivity contribution in [3.63, 3.8) is 0 Å². The number of hydrogen-bond acceptors (Lipinski definition) is 6. The van der Waals surface area contributed by atoms with E-state index in [1.165, 1.54) is 16.9 Å². The zero-order valence-electron chi connectivity index (χ0n) is 15.4. The van der Waals surface area contributed by atoms with Crippen LogP contribution in [0.4, 0.5) is 5.13 Å². The summed E-state index contributed by atoms with van der Waals surface area (Å²) < 4.78 is 5.57. The number of nitrogens with one attached hydrogen (secondary N) is 1. The summed E-state index contributed by atoms with van der Waals surface area (Å²) in [7, 11) is 0. The van der Waals surface area contributed by atoms with Gasteiger partial charge in [-0.3, -0.25) is 4.79 Å². The Kier molecular flexibility index (Phi) is 5.43. The van der Waals surface area contributed by atoms with Crippen LogP contribution in [0.2, 0.25) is 0 Å². The molecule has 7 heteroatoms. The van der Waals surface area contributed by atoms with Crippen LogP contribution in [0.5, 0.6) is 0 Å². The van der Waals surface area contributed by atoms with Crippen molar-refractivity contribution in [2.45, 2.75) is 18.3 Å². The number of carbonyl (C=O) groups excluding carboxylic acids is 1. The summed E-state index contributed by atoms with van der Waals surface area (Å²) in [5.74, 6) is 0.107. The number of nitrogens with two attached hydrogens (primary N) is 1. The fourth-order valence-corrected chi connectivity index (χ4v) is 4.85. The number of aromatic nitrogens is 1. The topological polar surface area (TPSA) is 80.5 Å². The fraction of sp³-hybridized carbons (Fsp3) is 0.500. The first-order valence-electron chi connectivity index (χ1n) is 9.53. The van der Waals surface area contributed by atoms with Gasteiger partial charge in [0.15, 0.2) is 5.13 Å². The van der Waals surface area contributed by atoms with Crippen LogP contribution >= 0.6 is 11.3 Å². The van der Waals surface area contributed by atoms with E-state index in [9.17, 15) is 4.79 Å². The minimum Gasteiger partial charge on any atom is -0.379 e. The largest absolute Gasteiger partial charge is 0.379 e. The van der Waals surface area contributed by atoms with Crippen molar-refractivity contribution in [1.29, 1.82) is 0 Å². The third-order valence-corrected chi connectivity index (χ3v) is 6.42. The Morgan fingerprint density at radius 2 is 2.07 bits per heavy atom. The molecule has 3 N–H and O–H groups in total. The van der Waals surface area contributed by atoms with E-state index in [2.05, 4.69) is 39.9 Å². The molecule has 27 heavy (non-hydrogen) atoms. The van der Waals surface area contributed by atoms with Crippen molar-refractivity contribution in [3.05, 3.63) is 47.0 Å². The second kappa shape index (κ2) is 7.96. The molecule has 0 bridgehead atoms. The molecule has 144 valence electrons. The van der Waals surface area contributed by atoms with E-state index < -0.39 is 0 Å². The summed E-state index contributed by atoms with van der Waals surface area (Å²) in [6.07, 6.45) is 1.71. The number of ether oxygens (including phenoxy) is 1. The zero-order valence-corrected chi connectivity index (χ0v) is 16.2. The lowest BCUT2D eigenvalue weighted by molar-refractivity contribution is -0.138. The first-order valence-corrected chi connectivity index (χ1v) is 10.4. The maximum Gasteiger partial charge on any atom is 0.229 e. The predicted octanol–water partition coefficient (Wildman–Crippen LogP) is 1.87. The Morgan fingerprint density at radius 1 is 1.30 bits per heavy atom. The Hall–Kier alpha value is -1.96. The molecule has 1 aromatic carbocycles. The van der Waals surface area contributed by atoms with Gasteiger partial charge in [0.05, 0.1) is 24.8 Å². The lowest BCUT2D eigenvalue weighted by Gasteiger charge is -2.42. The van der Waals surface area contributed by atoms with Crippen molar-refractivity contribution in [2.75, 3.05) is 45.1 Å². The van der Waals surface area contributed by atoms with Gasteiger partial charge in [-0.2, -0.15) is 0 Å². The van der Waals surface area contributed by atoms with Gasteiger partial charge in [-0.25, -0.2) is 4.98 Å². The summed E-state index contributed by atoms with van der Waals surface area (Å²) in [5.41, 5.74) is 8.04. The van der Waals surface area contributed by atoms with Gasteiger partial charge in [0.2, 0.25) is 5.91 Å². The van der Waals surface area contributed by atoms with Crippen LogP contribution in [-0.4, -0.2) is 55.2 Å². The van der Waals surface area contributed by atoms with Crippen molar-refractivity contribution in [3.8, 4) is 0 Å². The summed E-state index contributed by atoms with van der Waals surface area (Å²) in [4.78, 5) is 19.6. The van der Waals surface area contributed by atoms with E-state index in [1.807, 2.05) is 11.0 Å². The first kappa shape index (κ1) is 18.4. The van der Waals surface area contributed by atoms with Crippen LogP contribution in [0, 0.1) is 5.92 Å². The molecule has 0 spiro atoms. The maximum absolute atomic E-state index is 13.0. The summed E-state index contributed by atoms with van der Waals surface area (Å²) in [6.45, 7) is 4.14. The average Bonchev–Trinajstić information content (AvgIpc) is 2.98. The molecule has 2 aliphatic heterocycles. The van der Waals surface area contributed by atoms with Gasteiger partial charge in [-0.1, -0.05) is 30.3 Å². The van der Waals surface area contributed by atoms with Gasteiger partial charge in [-0.15, -0.1) is 11.3 Å². The zero-order chi connectivity index (χ0) is 18.7. The molecular formula is C20H26N4O2S. The number of nitrogens with zero attached hydrogens (tertiary/aromatic N) is 2. The van der Waals surface area contributed by atoms with Crippen LogP contribution in [0.25, 0.3) is 0 Å². The molecule has 2 aliphatic rings. The smallest absolute Gasteiger partial charge is 0.229 e. The Bertz CT molecular complexity index is 763. The highest BCUT2D eigenvalue weighted by atomic mass is 32.1. The van der Waals surface area contributed by atoms with Crippen LogP contribution in [-0.2, 0) is 14.9 Å². The third-order valence-electron chi connectivity index (χ3n) is 5.75. The third kappa shape index (κ3) is 3.72. The van der Waals surface area contributed by atoms with Gasteiger partial charge in [0.1, 0.15) is 0 Å². The molecule has 2 saturated heterocycles. The Morgan fingerprint density at radius 3 is 2.78 bits per heavy atom. The lowest BCUT2D eigenvalue weighted by atomic mass is 9.70. The molecule has 1 aromatic heterocycles. The molecule has 1 atom stereocenters. The van der Waals surface area contributed by atoms with Crippen LogP contribution in [0.15, 0.2) is 35.7 Å². The normalized spacial score (nSPS) is 23.0. The molecule has 1 amide bonds. The summed E-state index contributed by atoms with van der Waals surface area (Å²) >= 11 is 1.48. The minimum absolute atomic E-state index is 0.0911. The SMILES string of the molecule is Nc1nc(C2(c3ccccc3)CCN(C(=O)C3CNCCOC3)CC2)cs1. The summed E-state index contributed by atoms with van der Waals surface area (Å²) in [5, 5.41) is 5.96. The molecule has 3 heterocycles. The van der Waals surface area contributed by atoms with E-state index in [4.69, 9.17) is 10.5 Å². The standard InChI is InChI=1S/C20H26N4O2S/c21-19-23-17(14-27-19)20(16-4-2-1-3-5-16)6-9-24(10-7-20)18(25)15-12-22-8-11-26-13-15/h1-5,14-15,22H,6-13H2,(H2,21,23). The predicted molar refractivity (Wildman–Crippen MR) is 107 cm³/mol. The quantitative estimate of drug-likeness (QED) is 0.842. The van der Waals surface area contributed by atoms with Crippen molar-refractivity contribution < 1.29 is 9.53 Å². The van der Waals surface area contributed by atoms with E-state index in [1.54, 1.807) is 0 Å². The number of hydrogen-bond donors (Lipinski definition) is 2. The van der Waals surface area contributed by atoms with Gasteiger partial charge in [-0.05, 0) is 18.4 Å². The number of thiazole rings is 1. The molecule has 4 rings (SSSR count). The average molecular weight is 387 g/mol. The number of benzene rings is 1. The highest BCUT2D eigenvalue weighted by molar-refractivity contribution is 7.13. The number of likely N-dealkylation sites (tertiary alicyclic amines) is 1. The van der Waals surface area contributed by atoms with Crippen molar-refractivity contribution in [2.24, 2.45) is 5.92 Å². The molecule has 0 saturated carbocycles. The molecule has 0 radical (unpaired) electrons. The number of amides is 1. The van der Waals surface area contributed by atoms with Gasteiger partial charge in [0.25, 0.3) is 0 Å². The highest BCUT2D eigenvalue weighted by Gasteiger charge is 2.41. The molecule has 2 fully saturated rings. The van der Waals surface area contributed by atoms with Crippen LogP contribution in [0.3, 0.4) is 0 Å². The molecule has 2 aromatic rings. The number of anilines is 1. The summed E-state index contributed by atoms with van der Waals surface area (Å²) in [6, 6.07) is 10.5. The number of nitrogen functional groups attached to an aromatic ring is 1. The fourth-order valence-electron chi connectivity index (χ4n) is 4.19. The van der Waals surface area contributed by atoms with E-state index in [-0.39, 0.29) is 17.2 Å². The van der Waals surface area contributed by atoms with E-state index >= 15 is 0 Å². The maximum atomic E-state index is 13.0. The first-order chi connectivity index (χ1) is 13.2. The monoisotopic (exact) mass is 386 g/mol. The second-order valence-corrected chi connectivity index (χ2v) is 8.21. The molecule has 0 aliphatic carbocycles. The number of carbonyl (C=O) groups is 1. The van der Waals surface area contributed by atoms with Gasteiger partial charge in [0, 0.05) is 37.0 Å². The number of piperidine rings is 1. The van der Waals surface area contributed by atoms with Crippen LogP contribution in [0.1, 0.15) is 24.1 Å². The van der Waals surface area contributed by atoms with Crippen molar-refractivity contribution in [1.82, 2.24) is 15.2 Å². The highest BCUT2D eigenvalue weighted by Crippen LogP contribution is 2.42. The van der Waals surface area contributed by atoms with E-state index in [0.29, 0.717) is 24.9 Å². The Labute approximate surface area is 163 Å². The van der Waals surface area contributed by atoms with Gasteiger partial charge >= 0.3 is 0 Å². The van der Waals surface area contributed by atoms with Crippen LogP contribution < -0.4 is 11.1 Å². The second-order valence-electron chi connectivity index (χ2n) is 7.32. The number of rotatable bonds is 3. The lowest BCUT2D eigenvalue weighted by Crippen LogP contribution is -2.49. The van der Waals surface area contributed by atoms with E-state index in [0.717, 1.165) is 38.2 Å². The van der Waals surface area contributed by atoms with Gasteiger partial charge < -0.3 is 20.7 Å². The molecular weight excluding hydrogens is 360 g/mol. The minimum atomic E-state index is -0.176. The molecule has 6 nitrogen and oxygen atoms in total. The molecule has 1 unspecified atom stereocenters. The Balaban J connectivity index is 1.54. The van der Waals surface area contributed by atoms with Crippen molar-refractivity contribution >= 4 is 22.4 Å².